The predicted molar refractivity (Wildman–Crippen MR) is 100 cm³/mol. The minimum absolute atomic E-state index is 0.280. The Kier molecular flexibility index (Phi) is 4.01. The molecule has 130 valence electrons. The zero-order valence-electron chi connectivity index (χ0n) is 14.6. The SMILES string of the molecule is CC(C)N1CCN(c2ccnc3[nH]cc(-c4ccnc(N)n4)c23)CC1. The van der Waals surface area contributed by atoms with Crippen LogP contribution in [0.5, 0.6) is 0 Å². The fraction of sp³-hybridized carbons (Fsp3) is 0.389. The number of pyridine rings is 1. The molecule has 0 radical (unpaired) electrons. The number of aromatic amines is 1. The van der Waals surface area contributed by atoms with Gasteiger partial charge in [0.2, 0.25) is 5.95 Å². The van der Waals surface area contributed by atoms with E-state index in [1.807, 2.05) is 18.5 Å². The Morgan fingerprint density at radius 3 is 2.56 bits per heavy atom. The number of nitrogens with two attached hydrogens (primary N) is 1. The molecule has 1 aliphatic rings. The quantitative estimate of drug-likeness (QED) is 0.761. The van der Waals surface area contributed by atoms with Crippen LogP contribution < -0.4 is 10.6 Å². The van der Waals surface area contributed by atoms with Gasteiger partial charge in [-0.3, -0.25) is 4.90 Å². The Morgan fingerprint density at radius 1 is 1.08 bits per heavy atom. The zero-order valence-corrected chi connectivity index (χ0v) is 14.6. The van der Waals surface area contributed by atoms with Crippen LogP contribution >= 0.6 is 0 Å². The summed E-state index contributed by atoms with van der Waals surface area (Å²) in [5.74, 6) is 0.280. The number of H-pyrrole nitrogens is 1. The molecule has 1 saturated heterocycles. The van der Waals surface area contributed by atoms with E-state index in [0.29, 0.717) is 6.04 Å². The van der Waals surface area contributed by atoms with Crippen molar-refractivity contribution in [1.29, 1.82) is 0 Å². The summed E-state index contributed by atoms with van der Waals surface area (Å²) in [5, 5.41) is 1.10. The van der Waals surface area contributed by atoms with Crippen LogP contribution in [0, 0.1) is 0 Å². The first-order valence-electron chi connectivity index (χ1n) is 8.67. The lowest BCUT2D eigenvalue weighted by Crippen LogP contribution is -2.48. The lowest BCUT2D eigenvalue weighted by Gasteiger charge is -2.38. The summed E-state index contributed by atoms with van der Waals surface area (Å²) in [4.78, 5) is 21.1. The minimum atomic E-state index is 0.280. The van der Waals surface area contributed by atoms with Crippen molar-refractivity contribution in [3.05, 3.63) is 30.7 Å². The lowest BCUT2D eigenvalue weighted by atomic mass is 10.1. The monoisotopic (exact) mass is 337 g/mol. The molecule has 0 bridgehead atoms. The average molecular weight is 337 g/mol. The average Bonchev–Trinajstić information content (AvgIpc) is 3.06. The van der Waals surface area contributed by atoms with Gasteiger partial charge in [0.25, 0.3) is 0 Å². The summed E-state index contributed by atoms with van der Waals surface area (Å²) in [6, 6.07) is 4.56. The lowest BCUT2D eigenvalue weighted by molar-refractivity contribution is 0.209. The molecule has 7 heteroatoms. The van der Waals surface area contributed by atoms with E-state index in [-0.39, 0.29) is 5.95 Å². The highest BCUT2D eigenvalue weighted by molar-refractivity contribution is 6.02. The summed E-state index contributed by atoms with van der Waals surface area (Å²) >= 11 is 0. The fourth-order valence-corrected chi connectivity index (χ4v) is 3.51. The van der Waals surface area contributed by atoms with Crippen LogP contribution in [0.2, 0.25) is 0 Å². The second-order valence-corrected chi connectivity index (χ2v) is 6.67. The molecule has 4 heterocycles. The third kappa shape index (κ3) is 2.91. The summed E-state index contributed by atoms with van der Waals surface area (Å²) < 4.78 is 0. The molecular formula is C18H23N7. The summed E-state index contributed by atoms with van der Waals surface area (Å²) in [6.45, 7) is 8.67. The van der Waals surface area contributed by atoms with Crippen LogP contribution in [0.4, 0.5) is 11.6 Å². The molecule has 25 heavy (non-hydrogen) atoms. The molecule has 0 aliphatic carbocycles. The third-order valence-electron chi connectivity index (χ3n) is 4.89. The maximum absolute atomic E-state index is 5.77. The first-order valence-corrected chi connectivity index (χ1v) is 8.67. The first-order chi connectivity index (χ1) is 12.1. The maximum Gasteiger partial charge on any atom is 0.220 e. The van der Waals surface area contributed by atoms with E-state index in [1.54, 1.807) is 6.20 Å². The molecule has 1 fully saturated rings. The number of hydrogen-bond acceptors (Lipinski definition) is 6. The van der Waals surface area contributed by atoms with E-state index in [4.69, 9.17) is 5.73 Å². The Bertz CT molecular complexity index is 878. The van der Waals surface area contributed by atoms with Gasteiger partial charge in [0.05, 0.1) is 16.8 Å². The number of hydrogen-bond donors (Lipinski definition) is 2. The van der Waals surface area contributed by atoms with Crippen LogP contribution in [0.25, 0.3) is 22.3 Å². The molecule has 1 aliphatic heterocycles. The number of nitrogens with zero attached hydrogens (tertiary/aromatic N) is 5. The second-order valence-electron chi connectivity index (χ2n) is 6.67. The van der Waals surface area contributed by atoms with Crippen LogP contribution in [-0.2, 0) is 0 Å². The van der Waals surface area contributed by atoms with Crippen molar-refractivity contribution in [2.75, 3.05) is 36.8 Å². The molecule has 7 nitrogen and oxygen atoms in total. The van der Waals surface area contributed by atoms with Crippen molar-refractivity contribution in [2.24, 2.45) is 0 Å². The molecule has 3 N–H and O–H groups in total. The smallest absolute Gasteiger partial charge is 0.220 e. The van der Waals surface area contributed by atoms with Crippen LogP contribution in [0.1, 0.15) is 13.8 Å². The van der Waals surface area contributed by atoms with E-state index in [1.165, 1.54) is 5.69 Å². The first kappa shape index (κ1) is 15.8. The fourth-order valence-electron chi connectivity index (χ4n) is 3.51. The Labute approximate surface area is 146 Å². The Hall–Kier alpha value is -2.67. The Balaban J connectivity index is 1.74. The van der Waals surface area contributed by atoms with E-state index in [2.05, 4.69) is 49.6 Å². The van der Waals surface area contributed by atoms with E-state index < -0.39 is 0 Å². The topological polar surface area (TPSA) is 87.0 Å². The number of rotatable bonds is 3. The van der Waals surface area contributed by atoms with Crippen molar-refractivity contribution in [2.45, 2.75) is 19.9 Å². The summed E-state index contributed by atoms with van der Waals surface area (Å²) in [6.07, 6.45) is 5.50. The number of fused-ring (bicyclic) bond motifs is 1. The van der Waals surface area contributed by atoms with Crippen LogP contribution in [0.15, 0.2) is 30.7 Å². The van der Waals surface area contributed by atoms with Gasteiger partial charge in [0.15, 0.2) is 0 Å². The molecule has 0 unspecified atom stereocenters. The van der Waals surface area contributed by atoms with Crippen molar-refractivity contribution in [3.8, 4) is 11.3 Å². The van der Waals surface area contributed by atoms with Crippen molar-refractivity contribution in [3.63, 3.8) is 0 Å². The number of nitrogens with one attached hydrogen (secondary N) is 1. The third-order valence-corrected chi connectivity index (χ3v) is 4.89. The van der Waals surface area contributed by atoms with Crippen LogP contribution in [0.3, 0.4) is 0 Å². The Morgan fingerprint density at radius 2 is 1.84 bits per heavy atom. The summed E-state index contributed by atoms with van der Waals surface area (Å²) in [5.41, 5.74) is 9.66. The van der Waals surface area contributed by atoms with Crippen molar-refractivity contribution < 1.29 is 0 Å². The number of nitrogen functional groups attached to an aromatic ring is 1. The second kappa shape index (κ2) is 6.33. The van der Waals surface area contributed by atoms with Gasteiger partial charge in [-0.1, -0.05) is 0 Å². The van der Waals surface area contributed by atoms with Gasteiger partial charge in [0, 0.05) is 56.4 Å². The maximum atomic E-state index is 5.77. The molecule has 0 amide bonds. The highest BCUT2D eigenvalue weighted by Crippen LogP contribution is 2.34. The van der Waals surface area contributed by atoms with Gasteiger partial charge >= 0.3 is 0 Å². The highest BCUT2D eigenvalue weighted by Gasteiger charge is 2.22. The van der Waals surface area contributed by atoms with Gasteiger partial charge in [-0.15, -0.1) is 0 Å². The van der Waals surface area contributed by atoms with Crippen molar-refractivity contribution in [1.82, 2.24) is 24.8 Å². The van der Waals surface area contributed by atoms with Crippen molar-refractivity contribution >= 4 is 22.7 Å². The number of anilines is 2. The molecule has 0 spiro atoms. The molecule has 3 aromatic rings. The van der Waals surface area contributed by atoms with Gasteiger partial charge < -0.3 is 15.6 Å². The molecule has 4 rings (SSSR count). The normalized spacial score (nSPS) is 16.0. The molecule has 0 aromatic carbocycles. The van der Waals surface area contributed by atoms with Gasteiger partial charge in [-0.25, -0.2) is 15.0 Å². The number of aromatic nitrogens is 4. The molecule has 3 aromatic heterocycles. The van der Waals surface area contributed by atoms with E-state index in [9.17, 15) is 0 Å². The largest absolute Gasteiger partial charge is 0.368 e. The van der Waals surface area contributed by atoms with Crippen LogP contribution in [-0.4, -0.2) is 57.1 Å². The van der Waals surface area contributed by atoms with Gasteiger partial charge in [0.1, 0.15) is 5.65 Å². The summed E-state index contributed by atoms with van der Waals surface area (Å²) in [7, 11) is 0. The highest BCUT2D eigenvalue weighted by atomic mass is 15.3. The van der Waals surface area contributed by atoms with E-state index in [0.717, 1.165) is 48.5 Å². The molecular weight excluding hydrogens is 314 g/mol. The van der Waals surface area contributed by atoms with E-state index >= 15 is 0 Å². The minimum Gasteiger partial charge on any atom is -0.368 e. The van der Waals surface area contributed by atoms with Gasteiger partial charge in [-0.05, 0) is 26.0 Å². The predicted octanol–water partition coefficient (Wildman–Crippen LogP) is 2.13. The standard InChI is InChI=1S/C18H23N7/c1-12(2)24-7-9-25(10-8-24)15-4-6-20-17-16(15)13(11-22-17)14-3-5-21-18(19)23-14/h3-6,11-12H,7-10H2,1-2H3,(H,20,22)(H2,19,21,23). The molecule has 0 atom stereocenters. The molecule has 0 saturated carbocycles. The van der Waals surface area contributed by atoms with Gasteiger partial charge in [-0.2, -0.15) is 0 Å². The number of piperazine rings is 1. The zero-order chi connectivity index (χ0) is 17.4.